The Hall–Kier alpha value is -0.930. The van der Waals surface area contributed by atoms with E-state index in [-0.39, 0.29) is 0 Å². The van der Waals surface area contributed by atoms with Crippen LogP contribution in [0.1, 0.15) is 0 Å². The number of aliphatic hydroxyl groups is 6. The van der Waals surface area contributed by atoms with Crippen LogP contribution in [0.3, 0.4) is 0 Å². The van der Waals surface area contributed by atoms with Crippen LogP contribution in [-0.2, 0) is 0 Å². The van der Waals surface area contributed by atoms with Gasteiger partial charge in [-0.3, -0.25) is 0 Å². The molecule has 1 aliphatic rings. The van der Waals surface area contributed by atoms with Crippen molar-refractivity contribution in [2.45, 2.75) is 36.1 Å². The molecule has 1 aliphatic carbocycles. The molecule has 0 aliphatic heterocycles. The maximum Gasteiger partial charge on any atom is 0.127 e. The van der Waals surface area contributed by atoms with Crippen LogP contribution in [0.4, 0.5) is 0 Å². The highest BCUT2D eigenvalue weighted by Gasteiger charge is 2.57. The molecule has 6 N–H and O–H groups in total. The van der Waals surface area contributed by atoms with Crippen molar-refractivity contribution in [2.24, 2.45) is 5.11 Å². The highest BCUT2D eigenvalue weighted by atomic mass is 16.4. The summed E-state index contributed by atoms with van der Waals surface area (Å²) in [6, 6.07) is 0. The van der Waals surface area contributed by atoms with Crippen LogP contribution in [0.2, 0.25) is 0 Å². The number of hydrogen-bond acceptors (Lipinski definition) is 7. The van der Waals surface area contributed by atoms with Crippen molar-refractivity contribution in [1.82, 2.24) is 0 Å². The lowest BCUT2D eigenvalue weighted by Crippen LogP contribution is -2.71. The van der Waals surface area contributed by atoms with E-state index in [1.165, 1.54) is 0 Å². The molecule has 0 spiro atoms. The van der Waals surface area contributed by atoms with Crippen LogP contribution in [0.25, 0.3) is 10.4 Å². The summed E-state index contributed by atoms with van der Waals surface area (Å²) in [6.07, 6.45) is -9.37. The first-order valence-corrected chi connectivity index (χ1v) is 4.50. The van der Waals surface area contributed by atoms with Gasteiger partial charge in [-0.15, -0.1) is 0 Å². The molecule has 9 heteroatoms. The Kier molecular flexibility index (Phi) is 3.71. The van der Waals surface area contributed by atoms with Gasteiger partial charge in [0.25, 0.3) is 0 Å². The van der Waals surface area contributed by atoms with Crippen molar-refractivity contribution >= 4 is 0 Å². The second-order valence-electron chi connectivity index (χ2n) is 3.74. The Balaban J connectivity index is 3.01. The zero-order chi connectivity index (χ0) is 12.5. The lowest BCUT2D eigenvalue weighted by Gasteiger charge is -2.47. The second-order valence-corrected chi connectivity index (χ2v) is 3.74. The molecule has 92 valence electrons. The normalized spacial score (nSPS) is 48.5. The summed E-state index contributed by atoms with van der Waals surface area (Å²) < 4.78 is 0. The van der Waals surface area contributed by atoms with Crippen LogP contribution in [0.5, 0.6) is 0 Å². The summed E-state index contributed by atoms with van der Waals surface area (Å²) in [7, 11) is 0. The van der Waals surface area contributed by atoms with Gasteiger partial charge in [-0.2, -0.15) is 0 Å². The predicted molar refractivity (Wildman–Crippen MR) is 49.0 cm³/mol. The van der Waals surface area contributed by atoms with Gasteiger partial charge in [0.1, 0.15) is 36.1 Å². The monoisotopic (exact) mass is 235 g/mol. The molecule has 0 bridgehead atoms. The summed E-state index contributed by atoms with van der Waals surface area (Å²) in [4.78, 5) is 2.33. The Morgan fingerprint density at radius 1 is 1.00 bits per heavy atom. The largest absolute Gasteiger partial charge is 0.387 e. The van der Waals surface area contributed by atoms with Crippen molar-refractivity contribution in [2.75, 3.05) is 6.54 Å². The minimum atomic E-state index is -2.40. The predicted octanol–water partition coefficient (Wildman–Crippen LogP) is -3.15. The molecular weight excluding hydrogens is 222 g/mol. The Morgan fingerprint density at radius 3 is 1.81 bits per heavy atom. The average Bonchev–Trinajstić information content (AvgIpc) is 2.29. The van der Waals surface area contributed by atoms with Gasteiger partial charge in [0, 0.05) is 4.91 Å². The highest BCUT2D eigenvalue weighted by Crippen LogP contribution is 2.30. The molecule has 16 heavy (non-hydrogen) atoms. The highest BCUT2D eigenvalue weighted by molar-refractivity contribution is 5.09. The lowest BCUT2D eigenvalue weighted by atomic mass is 9.75. The fourth-order valence-corrected chi connectivity index (χ4v) is 1.67. The third kappa shape index (κ3) is 1.85. The summed E-state index contributed by atoms with van der Waals surface area (Å²) in [5, 5.41) is 59.5. The molecule has 0 aromatic carbocycles. The van der Waals surface area contributed by atoms with E-state index >= 15 is 0 Å². The third-order valence-electron chi connectivity index (χ3n) is 2.76. The number of rotatable bonds is 2. The molecule has 9 nitrogen and oxygen atoms in total. The van der Waals surface area contributed by atoms with Gasteiger partial charge in [0.15, 0.2) is 0 Å². The number of nitrogens with zero attached hydrogens (tertiary/aromatic N) is 3. The third-order valence-corrected chi connectivity index (χ3v) is 2.76. The quantitative estimate of drug-likeness (QED) is 0.167. The van der Waals surface area contributed by atoms with Gasteiger partial charge in [-0.05, 0) is 5.53 Å². The van der Waals surface area contributed by atoms with Gasteiger partial charge in [-0.1, -0.05) is 5.11 Å². The minimum absolute atomic E-state index is 0.743. The fraction of sp³-hybridized carbons (Fsp3) is 1.00. The van der Waals surface area contributed by atoms with E-state index in [9.17, 15) is 30.6 Å². The number of hydrogen-bond donors (Lipinski definition) is 6. The summed E-state index contributed by atoms with van der Waals surface area (Å²) in [5.41, 5.74) is 5.68. The van der Waals surface area contributed by atoms with Crippen LogP contribution < -0.4 is 0 Å². The van der Waals surface area contributed by atoms with Crippen molar-refractivity contribution in [3.8, 4) is 0 Å². The average molecular weight is 235 g/mol. The van der Waals surface area contributed by atoms with E-state index < -0.39 is 42.7 Å². The molecule has 1 saturated carbocycles. The zero-order valence-electron chi connectivity index (χ0n) is 8.12. The molecule has 0 heterocycles. The van der Waals surface area contributed by atoms with Gasteiger partial charge < -0.3 is 30.6 Å². The van der Waals surface area contributed by atoms with E-state index in [4.69, 9.17) is 5.53 Å². The smallest absolute Gasteiger partial charge is 0.127 e. The maximum atomic E-state index is 9.80. The van der Waals surface area contributed by atoms with E-state index in [0.29, 0.717) is 0 Å². The van der Waals surface area contributed by atoms with E-state index in [2.05, 4.69) is 10.0 Å². The van der Waals surface area contributed by atoms with Gasteiger partial charge in [0.05, 0.1) is 6.54 Å². The molecule has 6 atom stereocenters. The number of azide groups is 1. The van der Waals surface area contributed by atoms with Gasteiger partial charge >= 0.3 is 0 Å². The van der Waals surface area contributed by atoms with Crippen LogP contribution in [0.15, 0.2) is 5.11 Å². The van der Waals surface area contributed by atoms with Crippen LogP contribution in [0, 0.1) is 0 Å². The number of aliphatic hydroxyl groups excluding tert-OH is 5. The SMILES string of the molecule is [N-]=[N+]=NCC1(O)[C@H](O)[C@@H](O)C(O)[C@H](O)[C@@H]1O. The van der Waals surface area contributed by atoms with E-state index in [0.717, 1.165) is 0 Å². The van der Waals surface area contributed by atoms with E-state index in [1.54, 1.807) is 0 Å². The summed E-state index contributed by atoms with van der Waals surface area (Å²) in [6.45, 7) is -0.743. The van der Waals surface area contributed by atoms with Gasteiger partial charge in [-0.25, -0.2) is 0 Å². The molecule has 0 saturated heterocycles. The standard InChI is InChI=1S/C7H13N3O6/c8-10-9-1-7(16)5(14)3(12)2(11)4(13)6(7)15/h2-6,11-16H,1H2/t2?,3-,4-,5-,6+,7?/m0/s1. The lowest BCUT2D eigenvalue weighted by molar-refractivity contribution is -0.264. The van der Waals surface area contributed by atoms with Gasteiger partial charge in [0.2, 0.25) is 0 Å². The summed E-state index contributed by atoms with van der Waals surface area (Å²) >= 11 is 0. The molecule has 0 radical (unpaired) electrons. The zero-order valence-corrected chi connectivity index (χ0v) is 8.12. The molecule has 1 rings (SSSR count). The van der Waals surface area contributed by atoms with Crippen molar-refractivity contribution in [1.29, 1.82) is 0 Å². The molecule has 1 fully saturated rings. The first-order chi connectivity index (χ1) is 7.36. The Morgan fingerprint density at radius 2 is 1.44 bits per heavy atom. The molecule has 0 aromatic heterocycles. The van der Waals surface area contributed by atoms with Crippen molar-refractivity contribution in [3.05, 3.63) is 10.4 Å². The Bertz CT molecular complexity index is 290. The van der Waals surface area contributed by atoms with Crippen molar-refractivity contribution < 1.29 is 30.6 Å². The summed E-state index contributed by atoms with van der Waals surface area (Å²) in [5.74, 6) is 0. The first-order valence-electron chi connectivity index (χ1n) is 4.50. The first kappa shape index (κ1) is 13.1. The molecule has 2 unspecified atom stereocenters. The molecular formula is C7H13N3O6. The van der Waals surface area contributed by atoms with E-state index in [1.807, 2.05) is 0 Å². The fourth-order valence-electron chi connectivity index (χ4n) is 1.67. The second kappa shape index (κ2) is 4.52. The molecule has 0 aromatic rings. The van der Waals surface area contributed by atoms with Crippen LogP contribution in [-0.4, -0.2) is 73.3 Å². The minimum Gasteiger partial charge on any atom is -0.387 e. The van der Waals surface area contributed by atoms with Crippen molar-refractivity contribution in [3.63, 3.8) is 0 Å². The topological polar surface area (TPSA) is 170 Å². The van der Waals surface area contributed by atoms with Crippen LogP contribution >= 0.6 is 0 Å². The Labute approximate surface area is 89.8 Å². The maximum absolute atomic E-state index is 9.80. The molecule has 0 amide bonds.